The third-order valence-electron chi connectivity index (χ3n) is 4.07. The topological polar surface area (TPSA) is 40.6 Å². The molecule has 2 aliphatic heterocycles. The first-order chi connectivity index (χ1) is 8.63. The summed E-state index contributed by atoms with van der Waals surface area (Å²) in [6.07, 6.45) is 3.94. The number of halogens is 1. The van der Waals surface area contributed by atoms with Crippen LogP contribution in [0.5, 0.6) is 0 Å². The van der Waals surface area contributed by atoms with Crippen LogP contribution in [-0.4, -0.2) is 52.6 Å². The van der Waals surface area contributed by atoms with Crippen LogP contribution < -0.4 is 0 Å². The van der Waals surface area contributed by atoms with Crippen molar-refractivity contribution in [1.82, 2.24) is 9.80 Å². The lowest BCUT2D eigenvalue weighted by molar-refractivity contribution is -0.143. The van der Waals surface area contributed by atoms with Crippen LogP contribution in [0.1, 0.15) is 32.6 Å². The quantitative estimate of drug-likeness (QED) is 0.727. The van der Waals surface area contributed by atoms with E-state index in [1.807, 2.05) is 4.90 Å². The van der Waals surface area contributed by atoms with Gasteiger partial charge in [0.1, 0.15) is 6.04 Å². The molecule has 2 saturated heterocycles. The predicted octanol–water partition coefficient (Wildman–Crippen LogP) is 1.63. The molecule has 2 rings (SSSR count). The lowest BCUT2D eigenvalue weighted by Crippen LogP contribution is -2.50. The molecule has 0 saturated carbocycles. The van der Waals surface area contributed by atoms with Crippen molar-refractivity contribution in [3.63, 3.8) is 0 Å². The number of hydrogen-bond acceptors (Lipinski definition) is 2. The van der Waals surface area contributed by atoms with E-state index in [9.17, 15) is 9.59 Å². The fourth-order valence-electron chi connectivity index (χ4n) is 2.84. The predicted molar refractivity (Wildman–Crippen MR) is 73.5 cm³/mol. The molecule has 2 heterocycles. The number of piperidine rings is 1. The molecule has 0 radical (unpaired) electrons. The molecular weight excluding hydrogens is 296 g/mol. The highest BCUT2D eigenvalue weighted by Gasteiger charge is 2.36. The number of carbonyl (C=O) groups is 2. The SMILES string of the molecule is CC1CCN(C(=O)[C@@H]2CCCN2C(=O)CBr)CC1. The van der Waals surface area contributed by atoms with Crippen molar-refractivity contribution in [3.05, 3.63) is 0 Å². The van der Waals surface area contributed by atoms with Crippen LogP contribution in [0.4, 0.5) is 0 Å². The van der Waals surface area contributed by atoms with E-state index in [4.69, 9.17) is 0 Å². The second kappa shape index (κ2) is 6.04. The van der Waals surface area contributed by atoms with Gasteiger partial charge in [0.2, 0.25) is 11.8 Å². The third-order valence-corrected chi connectivity index (χ3v) is 4.55. The summed E-state index contributed by atoms with van der Waals surface area (Å²) in [6, 6.07) is -0.205. The summed E-state index contributed by atoms with van der Waals surface area (Å²) in [4.78, 5) is 27.9. The molecule has 0 spiro atoms. The van der Waals surface area contributed by atoms with E-state index in [0.717, 1.165) is 51.2 Å². The monoisotopic (exact) mass is 316 g/mol. The summed E-state index contributed by atoms with van der Waals surface area (Å²) < 4.78 is 0. The van der Waals surface area contributed by atoms with Gasteiger partial charge < -0.3 is 9.80 Å². The summed E-state index contributed by atoms with van der Waals surface area (Å²) in [5.74, 6) is 0.919. The number of alkyl halides is 1. The number of nitrogens with zero attached hydrogens (tertiary/aromatic N) is 2. The molecular formula is C13H21BrN2O2. The van der Waals surface area contributed by atoms with Gasteiger partial charge in [-0.15, -0.1) is 0 Å². The van der Waals surface area contributed by atoms with Crippen LogP contribution in [0.15, 0.2) is 0 Å². The largest absolute Gasteiger partial charge is 0.341 e. The Morgan fingerprint density at radius 2 is 1.83 bits per heavy atom. The van der Waals surface area contributed by atoms with Crippen molar-refractivity contribution in [2.24, 2.45) is 5.92 Å². The minimum Gasteiger partial charge on any atom is -0.341 e. The van der Waals surface area contributed by atoms with Crippen LogP contribution in [0, 0.1) is 5.92 Å². The maximum absolute atomic E-state index is 12.5. The third kappa shape index (κ3) is 2.87. The fourth-order valence-corrected chi connectivity index (χ4v) is 3.16. The maximum Gasteiger partial charge on any atom is 0.245 e. The molecule has 0 aromatic rings. The summed E-state index contributed by atoms with van der Waals surface area (Å²) >= 11 is 3.19. The molecule has 0 aromatic heterocycles. The first-order valence-electron chi connectivity index (χ1n) is 6.77. The highest BCUT2D eigenvalue weighted by atomic mass is 79.9. The second-order valence-corrected chi connectivity index (χ2v) is 5.95. The maximum atomic E-state index is 12.5. The van der Waals surface area contributed by atoms with E-state index < -0.39 is 0 Å². The van der Waals surface area contributed by atoms with Gasteiger partial charge in [0.25, 0.3) is 0 Å². The molecule has 1 atom stereocenters. The molecule has 2 fully saturated rings. The number of likely N-dealkylation sites (tertiary alicyclic amines) is 2. The Morgan fingerprint density at radius 1 is 1.17 bits per heavy atom. The van der Waals surface area contributed by atoms with E-state index in [2.05, 4.69) is 22.9 Å². The molecule has 0 aromatic carbocycles. The van der Waals surface area contributed by atoms with Gasteiger partial charge in [-0.25, -0.2) is 0 Å². The molecule has 4 nitrogen and oxygen atoms in total. The number of rotatable bonds is 2. The summed E-state index contributed by atoms with van der Waals surface area (Å²) in [5, 5.41) is 0.313. The molecule has 0 unspecified atom stereocenters. The normalized spacial score (nSPS) is 25.6. The van der Waals surface area contributed by atoms with Gasteiger partial charge in [-0.3, -0.25) is 9.59 Å². The molecule has 0 aliphatic carbocycles. The molecule has 102 valence electrons. The number of amides is 2. The molecule has 0 bridgehead atoms. The van der Waals surface area contributed by atoms with Crippen molar-refractivity contribution < 1.29 is 9.59 Å². The van der Waals surface area contributed by atoms with Crippen molar-refractivity contribution in [2.45, 2.75) is 38.6 Å². The Kier molecular flexibility index (Phi) is 4.65. The Hall–Kier alpha value is -0.580. The second-order valence-electron chi connectivity index (χ2n) is 5.39. The minimum atomic E-state index is -0.205. The summed E-state index contributed by atoms with van der Waals surface area (Å²) in [5.41, 5.74) is 0. The van der Waals surface area contributed by atoms with Crippen LogP contribution in [0.25, 0.3) is 0 Å². The number of hydrogen-bond donors (Lipinski definition) is 0. The van der Waals surface area contributed by atoms with Gasteiger partial charge in [-0.05, 0) is 31.6 Å². The summed E-state index contributed by atoms with van der Waals surface area (Å²) in [7, 11) is 0. The standard InChI is InChI=1S/C13H21BrN2O2/c1-10-4-7-15(8-5-10)13(18)11-3-2-6-16(11)12(17)9-14/h10-11H,2-9H2,1H3/t11-/m0/s1. The zero-order chi connectivity index (χ0) is 13.1. The Morgan fingerprint density at radius 3 is 2.44 bits per heavy atom. The van der Waals surface area contributed by atoms with Crippen molar-refractivity contribution in [2.75, 3.05) is 25.0 Å². The molecule has 18 heavy (non-hydrogen) atoms. The van der Waals surface area contributed by atoms with Gasteiger partial charge >= 0.3 is 0 Å². The smallest absolute Gasteiger partial charge is 0.245 e. The minimum absolute atomic E-state index is 0.0382. The lowest BCUT2D eigenvalue weighted by Gasteiger charge is -2.34. The fraction of sp³-hybridized carbons (Fsp3) is 0.846. The van der Waals surface area contributed by atoms with Crippen LogP contribution in [0.2, 0.25) is 0 Å². The summed E-state index contributed by atoms with van der Waals surface area (Å²) in [6.45, 7) is 4.67. The van der Waals surface area contributed by atoms with Crippen LogP contribution >= 0.6 is 15.9 Å². The molecule has 5 heteroatoms. The molecule has 2 aliphatic rings. The Labute approximate surface area is 117 Å². The Bertz CT molecular complexity index is 327. The zero-order valence-electron chi connectivity index (χ0n) is 10.9. The zero-order valence-corrected chi connectivity index (χ0v) is 12.5. The highest BCUT2D eigenvalue weighted by Crippen LogP contribution is 2.23. The van der Waals surface area contributed by atoms with Crippen molar-refractivity contribution in [1.29, 1.82) is 0 Å². The van der Waals surface area contributed by atoms with Gasteiger partial charge in [0.05, 0.1) is 5.33 Å². The van der Waals surface area contributed by atoms with E-state index in [1.54, 1.807) is 4.90 Å². The van der Waals surface area contributed by atoms with Gasteiger partial charge in [-0.1, -0.05) is 22.9 Å². The van der Waals surface area contributed by atoms with E-state index >= 15 is 0 Å². The average molecular weight is 317 g/mol. The number of carbonyl (C=O) groups excluding carboxylic acids is 2. The highest BCUT2D eigenvalue weighted by molar-refractivity contribution is 9.09. The lowest BCUT2D eigenvalue weighted by atomic mass is 9.98. The first kappa shape index (κ1) is 13.8. The van der Waals surface area contributed by atoms with Gasteiger partial charge in [0, 0.05) is 19.6 Å². The first-order valence-corrected chi connectivity index (χ1v) is 7.90. The van der Waals surface area contributed by atoms with E-state index in [1.165, 1.54) is 0 Å². The van der Waals surface area contributed by atoms with Crippen LogP contribution in [-0.2, 0) is 9.59 Å². The Balaban J connectivity index is 1.97. The molecule has 0 N–H and O–H groups in total. The van der Waals surface area contributed by atoms with Gasteiger partial charge in [-0.2, -0.15) is 0 Å². The van der Waals surface area contributed by atoms with E-state index in [0.29, 0.717) is 5.33 Å². The molecule has 2 amide bonds. The van der Waals surface area contributed by atoms with Gasteiger partial charge in [0.15, 0.2) is 0 Å². The van der Waals surface area contributed by atoms with Crippen LogP contribution in [0.3, 0.4) is 0 Å². The van der Waals surface area contributed by atoms with Crippen molar-refractivity contribution in [3.8, 4) is 0 Å². The average Bonchev–Trinajstić information content (AvgIpc) is 2.87. The van der Waals surface area contributed by atoms with E-state index in [-0.39, 0.29) is 17.9 Å². The van der Waals surface area contributed by atoms with Crippen molar-refractivity contribution >= 4 is 27.7 Å².